The molecule has 4 aromatic rings. The van der Waals surface area contributed by atoms with E-state index in [-0.39, 0.29) is 11.7 Å². The lowest BCUT2D eigenvalue weighted by Gasteiger charge is -2.09. The van der Waals surface area contributed by atoms with Gasteiger partial charge in [0.15, 0.2) is 5.65 Å². The third kappa shape index (κ3) is 3.94. The largest absolute Gasteiger partial charge is 0.310 e. The summed E-state index contributed by atoms with van der Waals surface area (Å²) in [7, 11) is 1.81. The predicted octanol–water partition coefficient (Wildman–Crippen LogP) is 2.00. The molecule has 148 valence electrons. The van der Waals surface area contributed by atoms with Gasteiger partial charge in [-0.3, -0.25) is 9.48 Å². The van der Waals surface area contributed by atoms with E-state index in [1.807, 2.05) is 33.9 Å². The Morgan fingerprint density at radius 2 is 1.86 bits per heavy atom. The van der Waals surface area contributed by atoms with Gasteiger partial charge in [-0.25, -0.2) is 19.9 Å². The van der Waals surface area contributed by atoms with E-state index < -0.39 is 0 Å². The van der Waals surface area contributed by atoms with E-state index in [0.29, 0.717) is 16.8 Å². The molecule has 0 fully saturated rings. The minimum absolute atomic E-state index is 0.180. The normalized spacial score (nSPS) is 11.2. The topological polar surface area (TPSA) is 116 Å². The van der Waals surface area contributed by atoms with Crippen LogP contribution in [0.5, 0.6) is 0 Å². The number of carbonyl (C=O) groups excluding carboxylic acids is 1. The maximum Gasteiger partial charge on any atom is 0.252 e. The third-order valence-electron chi connectivity index (χ3n) is 4.09. The number of carbonyl (C=O) groups is 1. The van der Waals surface area contributed by atoms with Gasteiger partial charge in [-0.2, -0.15) is 14.9 Å². The van der Waals surface area contributed by atoms with Crippen molar-refractivity contribution in [2.75, 3.05) is 11.1 Å². The number of nitrogens with one attached hydrogen (secondary N) is 1. The Morgan fingerprint density at radius 1 is 1.10 bits per heavy atom. The van der Waals surface area contributed by atoms with E-state index >= 15 is 0 Å². The maximum atomic E-state index is 12.6. The summed E-state index contributed by atoms with van der Waals surface area (Å²) in [6, 6.07) is 3.67. The van der Waals surface area contributed by atoms with Crippen LogP contribution in [-0.2, 0) is 11.8 Å². The van der Waals surface area contributed by atoms with Crippen molar-refractivity contribution in [1.82, 2.24) is 39.5 Å². The summed E-state index contributed by atoms with van der Waals surface area (Å²) in [5.41, 5.74) is 3.14. The highest BCUT2D eigenvalue weighted by Crippen LogP contribution is 2.24. The number of hydrogen-bond donors (Lipinski definition) is 1. The molecule has 0 aliphatic heterocycles. The quantitative estimate of drug-likeness (QED) is 0.393. The maximum absolute atomic E-state index is 12.6. The van der Waals surface area contributed by atoms with Crippen LogP contribution in [0.3, 0.4) is 0 Å². The Kier molecular flexibility index (Phi) is 4.97. The molecule has 4 aromatic heterocycles. The van der Waals surface area contributed by atoms with Gasteiger partial charge in [0.05, 0.1) is 23.0 Å². The van der Waals surface area contributed by atoms with Crippen molar-refractivity contribution in [2.24, 2.45) is 7.05 Å². The van der Waals surface area contributed by atoms with Crippen LogP contribution >= 0.6 is 11.8 Å². The molecule has 0 aliphatic rings. The van der Waals surface area contributed by atoms with Crippen LogP contribution in [0.25, 0.3) is 17.0 Å². The molecular weight excluding hydrogens is 390 g/mol. The van der Waals surface area contributed by atoms with E-state index in [2.05, 4.69) is 35.5 Å². The average molecular weight is 409 g/mol. The number of rotatable bonds is 5. The summed E-state index contributed by atoms with van der Waals surface area (Å²) in [5.74, 6) is 0.939. The molecule has 1 amide bonds. The number of thioether (sulfide) groups is 1. The molecular formula is C18H19N9OS. The van der Waals surface area contributed by atoms with Crippen molar-refractivity contribution in [3.63, 3.8) is 0 Å². The highest BCUT2D eigenvalue weighted by atomic mass is 32.2. The van der Waals surface area contributed by atoms with Crippen LogP contribution in [0.15, 0.2) is 29.7 Å². The van der Waals surface area contributed by atoms with E-state index in [1.54, 1.807) is 21.6 Å². The highest BCUT2D eigenvalue weighted by Gasteiger charge is 2.15. The highest BCUT2D eigenvalue weighted by molar-refractivity contribution is 8.00. The minimum atomic E-state index is -0.184. The lowest BCUT2D eigenvalue weighted by atomic mass is 10.4. The Hall–Kier alpha value is -3.34. The number of aryl methyl sites for hydroxylation is 4. The summed E-state index contributed by atoms with van der Waals surface area (Å²) >= 11 is 1.33. The van der Waals surface area contributed by atoms with Crippen LogP contribution in [-0.4, -0.2) is 51.2 Å². The third-order valence-corrected chi connectivity index (χ3v) is 5.10. The molecule has 0 saturated heterocycles. The van der Waals surface area contributed by atoms with Crippen molar-refractivity contribution < 1.29 is 4.79 Å². The van der Waals surface area contributed by atoms with Gasteiger partial charge >= 0.3 is 0 Å². The number of fused-ring (bicyclic) bond motifs is 1. The Morgan fingerprint density at radius 3 is 2.62 bits per heavy atom. The average Bonchev–Trinajstić information content (AvgIpc) is 3.22. The number of hydrogen-bond acceptors (Lipinski definition) is 8. The summed E-state index contributed by atoms with van der Waals surface area (Å²) in [4.78, 5) is 29.9. The Labute approximate surface area is 170 Å². The zero-order chi connectivity index (χ0) is 20.5. The second-order valence-electron chi connectivity index (χ2n) is 6.55. The van der Waals surface area contributed by atoms with Gasteiger partial charge in [-0.15, -0.1) is 0 Å². The fraction of sp³-hybridized carbons (Fsp3) is 0.278. The minimum Gasteiger partial charge on any atom is -0.310 e. The summed E-state index contributed by atoms with van der Waals surface area (Å²) in [6.45, 7) is 5.64. The van der Waals surface area contributed by atoms with Crippen LogP contribution in [0.1, 0.15) is 17.1 Å². The van der Waals surface area contributed by atoms with Gasteiger partial charge in [0.25, 0.3) is 5.95 Å². The standard InChI is InChI=1S/C18H19N9OS/c1-10-5-11(2)23-18(22-10)27-14(6-12(3)25-27)24-15(28)8-29-17-13-7-21-26(4)16(13)19-9-20-17/h5-7,9H,8H2,1-4H3,(H,24,28). The second-order valence-corrected chi connectivity index (χ2v) is 7.52. The molecule has 0 aromatic carbocycles. The number of aromatic nitrogens is 8. The monoisotopic (exact) mass is 409 g/mol. The Bertz CT molecular complexity index is 1190. The van der Waals surface area contributed by atoms with Gasteiger partial charge in [0.2, 0.25) is 5.91 Å². The van der Waals surface area contributed by atoms with E-state index in [4.69, 9.17) is 0 Å². The molecule has 0 spiro atoms. The van der Waals surface area contributed by atoms with Gasteiger partial charge in [-0.1, -0.05) is 11.8 Å². The van der Waals surface area contributed by atoms with E-state index in [9.17, 15) is 4.79 Å². The summed E-state index contributed by atoms with van der Waals surface area (Å²) < 4.78 is 3.22. The molecule has 0 aliphatic carbocycles. The van der Waals surface area contributed by atoms with E-state index in [0.717, 1.165) is 28.1 Å². The smallest absolute Gasteiger partial charge is 0.252 e. The molecule has 11 heteroatoms. The molecule has 4 rings (SSSR count). The first-order valence-electron chi connectivity index (χ1n) is 8.85. The van der Waals surface area contributed by atoms with Crippen LogP contribution in [0.2, 0.25) is 0 Å². The van der Waals surface area contributed by atoms with Crippen molar-refractivity contribution in [3.8, 4) is 5.95 Å². The van der Waals surface area contributed by atoms with Crippen molar-refractivity contribution in [2.45, 2.75) is 25.8 Å². The molecule has 10 nitrogen and oxygen atoms in total. The molecule has 0 atom stereocenters. The predicted molar refractivity (Wildman–Crippen MR) is 109 cm³/mol. The van der Waals surface area contributed by atoms with Crippen LogP contribution < -0.4 is 5.32 Å². The van der Waals surface area contributed by atoms with E-state index in [1.165, 1.54) is 18.1 Å². The second kappa shape index (κ2) is 7.59. The SMILES string of the molecule is Cc1cc(C)nc(-n2nc(C)cc2NC(=O)CSc2ncnc3c2cnn3C)n1. The molecule has 1 N–H and O–H groups in total. The Balaban J connectivity index is 1.52. The van der Waals surface area contributed by atoms with Gasteiger partial charge in [0.1, 0.15) is 17.2 Å². The zero-order valence-electron chi connectivity index (χ0n) is 16.4. The zero-order valence-corrected chi connectivity index (χ0v) is 17.2. The van der Waals surface area contributed by atoms with Gasteiger partial charge in [-0.05, 0) is 26.8 Å². The number of anilines is 1. The molecule has 4 heterocycles. The molecule has 0 bridgehead atoms. The summed E-state index contributed by atoms with van der Waals surface area (Å²) in [5, 5.41) is 13.0. The molecule has 0 saturated carbocycles. The fourth-order valence-corrected chi connectivity index (χ4v) is 3.67. The van der Waals surface area contributed by atoms with Crippen molar-refractivity contribution >= 4 is 34.5 Å². The van der Waals surface area contributed by atoms with Crippen molar-refractivity contribution in [3.05, 3.63) is 41.7 Å². The lowest BCUT2D eigenvalue weighted by molar-refractivity contribution is -0.113. The van der Waals surface area contributed by atoms with Crippen molar-refractivity contribution in [1.29, 1.82) is 0 Å². The van der Waals surface area contributed by atoms with Gasteiger partial charge < -0.3 is 5.32 Å². The molecule has 0 unspecified atom stereocenters. The molecule has 0 radical (unpaired) electrons. The number of amides is 1. The first-order chi connectivity index (χ1) is 13.9. The summed E-state index contributed by atoms with van der Waals surface area (Å²) in [6.07, 6.45) is 3.17. The molecule has 29 heavy (non-hydrogen) atoms. The fourth-order valence-electron chi connectivity index (χ4n) is 2.91. The van der Waals surface area contributed by atoms with Crippen LogP contribution in [0, 0.1) is 20.8 Å². The first kappa shape index (κ1) is 19.0. The van der Waals surface area contributed by atoms with Crippen LogP contribution in [0.4, 0.5) is 5.82 Å². The first-order valence-corrected chi connectivity index (χ1v) is 9.84. The lowest BCUT2D eigenvalue weighted by Crippen LogP contribution is -2.18. The van der Waals surface area contributed by atoms with Gasteiger partial charge in [0, 0.05) is 24.5 Å². The number of nitrogens with zero attached hydrogens (tertiary/aromatic N) is 8.